The summed E-state index contributed by atoms with van der Waals surface area (Å²) in [5.41, 5.74) is 0.753. The first kappa shape index (κ1) is 15.5. The molecule has 120 valence electrons. The molecule has 1 aliphatic heterocycles. The Kier molecular flexibility index (Phi) is 4.57. The van der Waals surface area contributed by atoms with Gasteiger partial charge in [-0.2, -0.15) is 0 Å². The van der Waals surface area contributed by atoms with E-state index in [0.717, 1.165) is 16.5 Å². The van der Waals surface area contributed by atoms with Crippen LogP contribution >= 0.6 is 0 Å². The number of fused-ring (bicyclic) bond motifs is 1. The predicted molar refractivity (Wildman–Crippen MR) is 89.2 cm³/mol. The fourth-order valence-corrected chi connectivity index (χ4v) is 2.85. The second kappa shape index (κ2) is 6.79. The Bertz CT molecular complexity index is 724. The lowest BCUT2D eigenvalue weighted by Gasteiger charge is -2.31. The molecule has 2 aromatic rings. The molecule has 5 nitrogen and oxygen atoms in total. The molecule has 0 aliphatic carbocycles. The van der Waals surface area contributed by atoms with E-state index in [2.05, 4.69) is 5.32 Å². The number of morpholine rings is 1. The topological polar surface area (TPSA) is 58.6 Å². The highest BCUT2D eigenvalue weighted by Gasteiger charge is 2.30. The smallest absolute Gasteiger partial charge is 0.252 e. The van der Waals surface area contributed by atoms with Gasteiger partial charge in [0.15, 0.2) is 0 Å². The van der Waals surface area contributed by atoms with Gasteiger partial charge in [0.25, 0.3) is 5.91 Å². The fraction of sp³-hybridized carbons (Fsp3) is 0.333. The molecule has 1 heterocycles. The minimum Gasteiger partial charge on any atom is -0.366 e. The first-order valence-electron chi connectivity index (χ1n) is 7.87. The molecule has 1 saturated heterocycles. The van der Waals surface area contributed by atoms with Crippen molar-refractivity contribution in [2.45, 2.75) is 19.4 Å². The van der Waals surface area contributed by atoms with Crippen molar-refractivity contribution in [2.24, 2.45) is 0 Å². The standard InChI is InChI=1S/C18H20N2O3/c1-2-20-10-11-23-16(18(20)22)12-17(21)19-15-9-5-7-13-6-3-4-8-14(13)15/h3-9,16H,2,10-12H2,1H3,(H,19,21). The summed E-state index contributed by atoms with van der Waals surface area (Å²) in [5.74, 6) is -0.315. The molecular weight excluding hydrogens is 292 g/mol. The van der Waals surface area contributed by atoms with E-state index in [1.54, 1.807) is 4.90 Å². The van der Waals surface area contributed by atoms with Gasteiger partial charge in [0.1, 0.15) is 6.10 Å². The summed E-state index contributed by atoms with van der Waals surface area (Å²) in [6.07, 6.45) is -0.642. The third-order valence-electron chi connectivity index (χ3n) is 4.08. The Labute approximate surface area is 135 Å². The Morgan fingerprint density at radius 1 is 1.26 bits per heavy atom. The molecule has 23 heavy (non-hydrogen) atoms. The molecule has 0 saturated carbocycles. The number of ether oxygens (including phenoxy) is 1. The normalized spacial score (nSPS) is 18.2. The molecular formula is C18H20N2O3. The molecule has 1 fully saturated rings. The zero-order valence-corrected chi connectivity index (χ0v) is 13.1. The van der Waals surface area contributed by atoms with Crippen LogP contribution in [-0.4, -0.2) is 42.5 Å². The molecule has 1 atom stereocenters. The van der Waals surface area contributed by atoms with Crippen LogP contribution in [0.1, 0.15) is 13.3 Å². The molecule has 0 bridgehead atoms. The summed E-state index contributed by atoms with van der Waals surface area (Å²) in [7, 11) is 0. The van der Waals surface area contributed by atoms with Crippen molar-refractivity contribution in [3.63, 3.8) is 0 Å². The number of amides is 2. The average Bonchev–Trinajstić information content (AvgIpc) is 2.57. The maximum absolute atomic E-state index is 12.3. The largest absolute Gasteiger partial charge is 0.366 e. The molecule has 0 radical (unpaired) electrons. The molecule has 0 aromatic heterocycles. The first-order valence-corrected chi connectivity index (χ1v) is 7.87. The number of carbonyl (C=O) groups excluding carboxylic acids is 2. The highest BCUT2D eigenvalue weighted by atomic mass is 16.5. The van der Waals surface area contributed by atoms with Gasteiger partial charge in [-0.3, -0.25) is 9.59 Å². The summed E-state index contributed by atoms with van der Waals surface area (Å²) >= 11 is 0. The molecule has 0 spiro atoms. The number of benzene rings is 2. The zero-order valence-electron chi connectivity index (χ0n) is 13.1. The van der Waals surface area contributed by atoms with Crippen LogP contribution in [-0.2, 0) is 14.3 Å². The van der Waals surface area contributed by atoms with Crippen LogP contribution in [0.4, 0.5) is 5.69 Å². The fourth-order valence-electron chi connectivity index (χ4n) is 2.85. The Balaban J connectivity index is 1.70. The van der Waals surface area contributed by atoms with Gasteiger partial charge < -0.3 is 15.0 Å². The molecule has 2 aromatic carbocycles. The van der Waals surface area contributed by atoms with E-state index in [9.17, 15) is 9.59 Å². The highest BCUT2D eigenvalue weighted by Crippen LogP contribution is 2.23. The van der Waals surface area contributed by atoms with Gasteiger partial charge in [0.05, 0.1) is 13.0 Å². The van der Waals surface area contributed by atoms with E-state index in [4.69, 9.17) is 4.74 Å². The minimum atomic E-state index is -0.682. The van der Waals surface area contributed by atoms with Gasteiger partial charge >= 0.3 is 0 Å². The number of carbonyl (C=O) groups is 2. The number of nitrogens with one attached hydrogen (secondary N) is 1. The number of rotatable bonds is 4. The van der Waals surface area contributed by atoms with Crippen molar-refractivity contribution < 1.29 is 14.3 Å². The van der Waals surface area contributed by atoms with Crippen LogP contribution in [0, 0.1) is 0 Å². The quantitative estimate of drug-likeness (QED) is 0.943. The van der Waals surface area contributed by atoms with Gasteiger partial charge in [-0.25, -0.2) is 0 Å². The summed E-state index contributed by atoms with van der Waals surface area (Å²) < 4.78 is 5.47. The second-order valence-electron chi connectivity index (χ2n) is 5.56. The second-order valence-corrected chi connectivity index (χ2v) is 5.56. The number of nitrogens with zero attached hydrogens (tertiary/aromatic N) is 1. The summed E-state index contributed by atoms with van der Waals surface area (Å²) in [5, 5.41) is 4.94. The molecule has 1 unspecified atom stereocenters. The lowest BCUT2D eigenvalue weighted by molar-refractivity contribution is -0.154. The van der Waals surface area contributed by atoms with E-state index in [0.29, 0.717) is 19.7 Å². The number of likely N-dealkylation sites (N-methyl/N-ethyl adjacent to an activating group) is 1. The number of hydrogen-bond acceptors (Lipinski definition) is 3. The lowest BCUT2D eigenvalue weighted by atomic mass is 10.1. The maximum Gasteiger partial charge on any atom is 0.252 e. The van der Waals surface area contributed by atoms with Gasteiger partial charge in [0.2, 0.25) is 5.91 Å². The summed E-state index contributed by atoms with van der Waals surface area (Å²) in [4.78, 5) is 26.2. The summed E-state index contributed by atoms with van der Waals surface area (Å²) in [6, 6.07) is 13.6. The molecule has 2 amide bonds. The summed E-state index contributed by atoms with van der Waals surface area (Å²) in [6.45, 7) is 3.64. The number of hydrogen-bond donors (Lipinski definition) is 1. The Morgan fingerprint density at radius 2 is 2.04 bits per heavy atom. The van der Waals surface area contributed by atoms with E-state index < -0.39 is 6.10 Å². The van der Waals surface area contributed by atoms with Crippen molar-refractivity contribution in [1.29, 1.82) is 0 Å². The maximum atomic E-state index is 12.3. The Morgan fingerprint density at radius 3 is 2.87 bits per heavy atom. The van der Waals surface area contributed by atoms with Crippen LogP contribution < -0.4 is 5.32 Å². The van der Waals surface area contributed by atoms with Gasteiger partial charge in [0, 0.05) is 24.2 Å². The van der Waals surface area contributed by atoms with E-state index in [1.807, 2.05) is 49.4 Å². The molecule has 1 aliphatic rings. The molecule has 5 heteroatoms. The third kappa shape index (κ3) is 3.35. The third-order valence-corrected chi connectivity index (χ3v) is 4.08. The van der Waals surface area contributed by atoms with Crippen molar-refractivity contribution in [3.8, 4) is 0 Å². The minimum absolute atomic E-state index is 0.0402. The first-order chi connectivity index (χ1) is 11.2. The van der Waals surface area contributed by atoms with Crippen LogP contribution in [0.25, 0.3) is 10.8 Å². The monoisotopic (exact) mass is 312 g/mol. The zero-order chi connectivity index (χ0) is 16.2. The van der Waals surface area contributed by atoms with Crippen molar-refractivity contribution >= 4 is 28.3 Å². The van der Waals surface area contributed by atoms with Gasteiger partial charge in [-0.15, -0.1) is 0 Å². The van der Waals surface area contributed by atoms with E-state index in [-0.39, 0.29) is 18.2 Å². The Hall–Kier alpha value is -2.40. The van der Waals surface area contributed by atoms with Crippen molar-refractivity contribution in [1.82, 2.24) is 4.90 Å². The van der Waals surface area contributed by atoms with Crippen molar-refractivity contribution in [2.75, 3.05) is 25.0 Å². The highest BCUT2D eigenvalue weighted by molar-refractivity contribution is 6.03. The van der Waals surface area contributed by atoms with Crippen LogP contribution in [0.15, 0.2) is 42.5 Å². The van der Waals surface area contributed by atoms with Crippen LogP contribution in [0.5, 0.6) is 0 Å². The molecule has 3 rings (SSSR count). The lowest BCUT2D eigenvalue weighted by Crippen LogP contribution is -2.48. The van der Waals surface area contributed by atoms with Gasteiger partial charge in [-0.1, -0.05) is 36.4 Å². The van der Waals surface area contributed by atoms with E-state index in [1.165, 1.54) is 0 Å². The van der Waals surface area contributed by atoms with Crippen molar-refractivity contribution in [3.05, 3.63) is 42.5 Å². The number of anilines is 1. The van der Waals surface area contributed by atoms with E-state index >= 15 is 0 Å². The van der Waals surface area contributed by atoms with Gasteiger partial charge in [-0.05, 0) is 18.4 Å². The van der Waals surface area contributed by atoms with Crippen LogP contribution in [0.2, 0.25) is 0 Å². The van der Waals surface area contributed by atoms with Crippen LogP contribution in [0.3, 0.4) is 0 Å². The predicted octanol–water partition coefficient (Wildman–Crippen LogP) is 2.42. The SMILES string of the molecule is CCN1CCOC(CC(=O)Nc2cccc3ccccc23)C1=O. The molecule has 1 N–H and O–H groups in total. The average molecular weight is 312 g/mol.